The molecule has 158 valence electrons. The van der Waals surface area contributed by atoms with Crippen molar-refractivity contribution in [1.29, 1.82) is 0 Å². The van der Waals surface area contributed by atoms with Crippen LogP contribution < -0.4 is 4.74 Å². The van der Waals surface area contributed by atoms with Gasteiger partial charge in [0.15, 0.2) is 0 Å². The molecule has 5 nitrogen and oxygen atoms in total. The zero-order valence-electron chi connectivity index (χ0n) is 17.2. The third-order valence-corrected chi connectivity index (χ3v) is 5.44. The molecule has 3 aromatic rings. The van der Waals surface area contributed by atoms with Crippen LogP contribution in [-0.2, 0) is 16.1 Å². The van der Waals surface area contributed by atoms with Gasteiger partial charge in [-0.15, -0.1) is 0 Å². The smallest absolute Gasteiger partial charge is 0.337 e. The van der Waals surface area contributed by atoms with E-state index in [1.165, 1.54) is 19.2 Å². The molecule has 2 unspecified atom stereocenters. The minimum absolute atomic E-state index is 0.144. The molecule has 2 atom stereocenters. The Kier molecular flexibility index (Phi) is 5.71. The summed E-state index contributed by atoms with van der Waals surface area (Å²) in [5, 5.41) is 0. The molecule has 0 saturated carbocycles. The highest BCUT2D eigenvalue weighted by molar-refractivity contribution is 5.90. The number of nitrogens with zero attached hydrogens (tertiary/aromatic N) is 1. The topological polar surface area (TPSA) is 55.8 Å². The monoisotopic (exact) mass is 419 g/mol. The Morgan fingerprint density at radius 1 is 1.00 bits per heavy atom. The van der Waals surface area contributed by atoms with Gasteiger partial charge in [-0.25, -0.2) is 9.18 Å². The van der Waals surface area contributed by atoms with Gasteiger partial charge in [-0.05, 0) is 53.9 Å². The number of aryl methyl sites for hydroxylation is 1. The lowest BCUT2D eigenvalue weighted by Gasteiger charge is -2.47. The van der Waals surface area contributed by atoms with E-state index in [9.17, 15) is 14.0 Å². The van der Waals surface area contributed by atoms with Crippen LogP contribution in [0.5, 0.6) is 5.75 Å². The number of amides is 1. The van der Waals surface area contributed by atoms with Crippen LogP contribution in [0.4, 0.5) is 4.39 Å². The van der Waals surface area contributed by atoms with Crippen molar-refractivity contribution >= 4 is 11.9 Å². The molecule has 4 rings (SSSR count). The van der Waals surface area contributed by atoms with Crippen LogP contribution in [0.25, 0.3) is 0 Å². The first-order valence-corrected chi connectivity index (χ1v) is 9.93. The lowest BCUT2D eigenvalue weighted by molar-refractivity contribution is -0.165. The van der Waals surface area contributed by atoms with Gasteiger partial charge in [0.05, 0.1) is 12.7 Å². The summed E-state index contributed by atoms with van der Waals surface area (Å²) in [6.07, 6.45) is -0.689. The highest BCUT2D eigenvalue weighted by Crippen LogP contribution is 2.39. The zero-order valence-corrected chi connectivity index (χ0v) is 17.2. The maximum absolute atomic E-state index is 13.3. The average Bonchev–Trinajstić information content (AvgIpc) is 2.80. The fraction of sp³-hybridized carbons (Fsp3) is 0.200. The maximum atomic E-state index is 13.3. The van der Waals surface area contributed by atoms with E-state index in [4.69, 9.17) is 9.47 Å². The molecule has 1 saturated heterocycles. The third kappa shape index (κ3) is 4.14. The average molecular weight is 419 g/mol. The number of likely N-dealkylation sites (tertiary alicyclic amines) is 1. The number of esters is 1. The van der Waals surface area contributed by atoms with Crippen molar-refractivity contribution in [2.75, 3.05) is 7.11 Å². The van der Waals surface area contributed by atoms with Crippen LogP contribution in [0.1, 0.15) is 33.1 Å². The van der Waals surface area contributed by atoms with Crippen molar-refractivity contribution in [2.24, 2.45) is 0 Å². The highest BCUT2D eigenvalue weighted by Gasteiger charge is 2.50. The number of rotatable bonds is 6. The first-order chi connectivity index (χ1) is 15.0. The quantitative estimate of drug-likeness (QED) is 0.438. The molecule has 1 aliphatic heterocycles. The SMILES string of the molecule is COC(=O)c1ccc(C2C(Oc3ccccc3C)C(=O)N2Cc2ccc(F)cc2)cc1. The molecular weight excluding hydrogens is 397 g/mol. The normalized spacial score (nSPS) is 17.8. The Morgan fingerprint density at radius 2 is 1.68 bits per heavy atom. The molecule has 0 spiro atoms. The van der Waals surface area contributed by atoms with Gasteiger partial charge < -0.3 is 14.4 Å². The molecule has 0 N–H and O–H groups in total. The van der Waals surface area contributed by atoms with E-state index in [1.807, 2.05) is 31.2 Å². The zero-order chi connectivity index (χ0) is 22.0. The van der Waals surface area contributed by atoms with Gasteiger partial charge in [0, 0.05) is 6.54 Å². The number of hydrogen-bond donors (Lipinski definition) is 0. The van der Waals surface area contributed by atoms with E-state index in [0.29, 0.717) is 17.9 Å². The number of benzene rings is 3. The summed E-state index contributed by atoms with van der Waals surface area (Å²) in [6, 6.07) is 20.2. The van der Waals surface area contributed by atoms with Gasteiger partial charge >= 0.3 is 5.97 Å². The lowest BCUT2D eigenvalue weighted by Crippen LogP contribution is -2.60. The second-order valence-corrected chi connectivity index (χ2v) is 7.45. The maximum Gasteiger partial charge on any atom is 0.337 e. The molecule has 1 heterocycles. The number of carbonyl (C=O) groups excluding carboxylic acids is 2. The molecule has 0 aromatic heterocycles. The van der Waals surface area contributed by atoms with Crippen molar-refractivity contribution in [3.63, 3.8) is 0 Å². The van der Waals surface area contributed by atoms with Gasteiger partial charge in [0.2, 0.25) is 6.10 Å². The van der Waals surface area contributed by atoms with E-state index in [2.05, 4.69) is 0 Å². The van der Waals surface area contributed by atoms with Crippen LogP contribution in [0.2, 0.25) is 0 Å². The number of halogens is 1. The number of hydrogen-bond acceptors (Lipinski definition) is 4. The predicted octanol–water partition coefficient (Wildman–Crippen LogP) is 4.45. The van der Waals surface area contributed by atoms with Gasteiger partial charge in [0.1, 0.15) is 17.6 Å². The molecule has 1 fully saturated rings. The molecular formula is C25H22FNO4. The van der Waals surface area contributed by atoms with Crippen molar-refractivity contribution in [1.82, 2.24) is 4.90 Å². The lowest BCUT2D eigenvalue weighted by atomic mass is 9.89. The summed E-state index contributed by atoms with van der Waals surface area (Å²) >= 11 is 0. The van der Waals surface area contributed by atoms with Crippen molar-refractivity contribution in [3.8, 4) is 5.75 Å². The van der Waals surface area contributed by atoms with E-state index < -0.39 is 12.1 Å². The van der Waals surface area contributed by atoms with Crippen LogP contribution in [0.3, 0.4) is 0 Å². The molecule has 6 heteroatoms. The second-order valence-electron chi connectivity index (χ2n) is 7.45. The first kappa shape index (κ1) is 20.6. The number of carbonyl (C=O) groups is 2. The van der Waals surface area contributed by atoms with E-state index in [-0.39, 0.29) is 17.8 Å². The van der Waals surface area contributed by atoms with Crippen LogP contribution in [0, 0.1) is 12.7 Å². The van der Waals surface area contributed by atoms with Crippen molar-refractivity contribution in [2.45, 2.75) is 25.6 Å². The summed E-state index contributed by atoms with van der Waals surface area (Å²) in [7, 11) is 1.33. The highest BCUT2D eigenvalue weighted by atomic mass is 19.1. The van der Waals surface area contributed by atoms with E-state index >= 15 is 0 Å². The summed E-state index contributed by atoms with van der Waals surface area (Å²) in [5.41, 5.74) is 3.03. The summed E-state index contributed by atoms with van der Waals surface area (Å²) in [4.78, 5) is 26.5. The number of ether oxygens (including phenoxy) is 2. The minimum Gasteiger partial charge on any atom is -0.478 e. The molecule has 1 amide bonds. The standard InChI is InChI=1S/C25H22FNO4/c1-16-5-3-4-6-21(16)31-23-22(18-9-11-19(12-10-18)25(29)30-2)27(24(23)28)15-17-7-13-20(26)14-8-17/h3-14,22-23H,15H2,1-2H3. The summed E-state index contributed by atoms with van der Waals surface area (Å²) in [5.74, 6) is -0.241. The van der Waals surface area contributed by atoms with Gasteiger partial charge in [0.25, 0.3) is 5.91 Å². The molecule has 0 radical (unpaired) electrons. The Morgan fingerprint density at radius 3 is 2.32 bits per heavy atom. The van der Waals surface area contributed by atoms with Crippen molar-refractivity contribution in [3.05, 3.63) is 101 Å². The van der Waals surface area contributed by atoms with Crippen LogP contribution in [-0.4, -0.2) is 30.0 Å². The Labute approximate surface area is 180 Å². The summed E-state index contributed by atoms with van der Waals surface area (Å²) < 4.78 is 24.1. The molecule has 1 aliphatic rings. The number of para-hydroxylation sites is 1. The number of methoxy groups -OCH3 is 1. The first-order valence-electron chi connectivity index (χ1n) is 9.93. The predicted molar refractivity (Wildman–Crippen MR) is 113 cm³/mol. The third-order valence-electron chi connectivity index (χ3n) is 5.44. The Balaban J connectivity index is 1.63. The van der Waals surface area contributed by atoms with Gasteiger partial charge in [-0.2, -0.15) is 0 Å². The van der Waals surface area contributed by atoms with Crippen LogP contribution >= 0.6 is 0 Å². The fourth-order valence-electron chi connectivity index (χ4n) is 3.71. The molecule has 0 bridgehead atoms. The van der Waals surface area contributed by atoms with Gasteiger partial charge in [-0.1, -0.05) is 42.5 Å². The van der Waals surface area contributed by atoms with Gasteiger partial charge in [-0.3, -0.25) is 4.79 Å². The largest absolute Gasteiger partial charge is 0.478 e. The second kappa shape index (κ2) is 8.60. The Bertz CT molecular complexity index is 1100. The van der Waals surface area contributed by atoms with E-state index in [0.717, 1.165) is 16.7 Å². The minimum atomic E-state index is -0.689. The van der Waals surface area contributed by atoms with Crippen molar-refractivity contribution < 1.29 is 23.5 Å². The van der Waals surface area contributed by atoms with E-state index in [1.54, 1.807) is 41.3 Å². The van der Waals surface area contributed by atoms with Crippen LogP contribution in [0.15, 0.2) is 72.8 Å². The number of β-lactam (4-membered cyclic amide) rings is 1. The summed E-state index contributed by atoms with van der Waals surface area (Å²) in [6.45, 7) is 2.26. The molecule has 0 aliphatic carbocycles. The Hall–Kier alpha value is -3.67. The molecule has 3 aromatic carbocycles. The fourth-order valence-corrected chi connectivity index (χ4v) is 3.71. The molecule has 31 heavy (non-hydrogen) atoms.